The minimum atomic E-state index is -0.983. The highest BCUT2D eigenvalue weighted by Crippen LogP contribution is 2.33. The first-order chi connectivity index (χ1) is 9.22. The summed E-state index contributed by atoms with van der Waals surface area (Å²) in [4.78, 5) is 11.2. The summed E-state index contributed by atoms with van der Waals surface area (Å²) < 4.78 is 11.2. The summed E-state index contributed by atoms with van der Waals surface area (Å²) in [7, 11) is 0. The van der Waals surface area contributed by atoms with Crippen LogP contribution in [0.1, 0.15) is 43.0 Å². The molecule has 4 heteroatoms. The predicted molar refractivity (Wildman–Crippen MR) is 72.0 cm³/mol. The Labute approximate surface area is 113 Å². The van der Waals surface area contributed by atoms with E-state index >= 15 is 0 Å². The van der Waals surface area contributed by atoms with Crippen molar-refractivity contribution in [1.29, 1.82) is 0 Å². The number of carboxylic acids is 1. The van der Waals surface area contributed by atoms with Gasteiger partial charge in [-0.1, -0.05) is 18.9 Å². The molecule has 1 aliphatic carbocycles. The number of carbonyl (C=O) groups is 1. The summed E-state index contributed by atoms with van der Waals surface area (Å²) >= 11 is 0. The van der Waals surface area contributed by atoms with Crippen molar-refractivity contribution < 1.29 is 19.4 Å². The van der Waals surface area contributed by atoms with E-state index in [-0.39, 0.29) is 5.56 Å². The summed E-state index contributed by atoms with van der Waals surface area (Å²) in [5.74, 6) is 0.434. The van der Waals surface area contributed by atoms with Gasteiger partial charge in [-0.2, -0.15) is 0 Å². The third-order valence-corrected chi connectivity index (χ3v) is 3.45. The fourth-order valence-corrected chi connectivity index (χ4v) is 2.48. The van der Waals surface area contributed by atoms with Crippen LogP contribution in [0.5, 0.6) is 11.5 Å². The van der Waals surface area contributed by atoms with Gasteiger partial charge >= 0.3 is 5.97 Å². The molecule has 1 fully saturated rings. The molecular weight excluding hydrogens is 244 g/mol. The molecule has 19 heavy (non-hydrogen) atoms. The molecule has 0 heterocycles. The quantitative estimate of drug-likeness (QED) is 0.856. The van der Waals surface area contributed by atoms with Crippen LogP contribution in [0.4, 0.5) is 0 Å². The minimum Gasteiger partial charge on any atom is -0.490 e. The maximum atomic E-state index is 11.2. The highest BCUT2D eigenvalue weighted by molar-refractivity contribution is 5.92. The van der Waals surface area contributed by atoms with Crippen molar-refractivity contribution >= 4 is 5.97 Å². The van der Waals surface area contributed by atoms with E-state index in [1.165, 1.54) is 25.7 Å². The summed E-state index contributed by atoms with van der Waals surface area (Å²) in [6.07, 6.45) is 4.82. The molecule has 4 nitrogen and oxygen atoms in total. The molecule has 1 N–H and O–H groups in total. The first-order valence-electron chi connectivity index (χ1n) is 6.84. The van der Waals surface area contributed by atoms with Crippen molar-refractivity contribution in [3.05, 3.63) is 23.8 Å². The average Bonchev–Trinajstić information content (AvgIpc) is 2.90. The fraction of sp³-hybridized carbons (Fsp3) is 0.533. The van der Waals surface area contributed by atoms with Crippen LogP contribution < -0.4 is 9.47 Å². The van der Waals surface area contributed by atoms with Gasteiger partial charge in [0.15, 0.2) is 11.5 Å². The van der Waals surface area contributed by atoms with E-state index in [1.807, 2.05) is 6.92 Å². The second kappa shape index (κ2) is 6.45. The van der Waals surface area contributed by atoms with Gasteiger partial charge in [0.1, 0.15) is 5.56 Å². The van der Waals surface area contributed by atoms with Crippen molar-refractivity contribution in [2.24, 2.45) is 5.92 Å². The van der Waals surface area contributed by atoms with Crippen molar-refractivity contribution in [2.45, 2.75) is 32.6 Å². The summed E-state index contributed by atoms with van der Waals surface area (Å²) in [6, 6.07) is 4.98. The monoisotopic (exact) mass is 264 g/mol. The number of hydrogen-bond donors (Lipinski definition) is 1. The highest BCUT2D eigenvalue weighted by Gasteiger charge is 2.20. The molecule has 1 aromatic rings. The summed E-state index contributed by atoms with van der Waals surface area (Å²) in [6.45, 7) is 2.93. The molecule has 1 aliphatic rings. The third-order valence-electron chi connectivity index (χ3n) is 3.45. The van der Waals surface area contributed by atoms with Crippen LogP contribution in [0.15, 0.2) is 18.2 Å². The van der Waals surface area contributed by atoms with E-state index in [1.54, 1.807) is 18.2 Å². The van der Waals surface area contributed by atoms with Crippen LogP contribution in [-0.4, -0.2) is 24.3 Å². The molecule has 0 aromatic heterocycles. The molecule has 0 spiro atoms. The van der Waals surface area contributed by atoms with Gasteiger partial charge in [-0.05, 0) is 37.8 Å². The Morgan fingerprint density at radius 2 is 2.05 bits per heavy atom. The molecule has 0 unspecified atom stereocenters. The largest absolute Gasteiger partial charge is 0.490 e. The smallest absolute Gasteiger partial charge is 0.339 e. The first kappa shape index (κ1) is 13.7. The molecule has 0 aliphatic heterocycles. The van der Waals surface area contributed by atoms with E-state index in [4.69, 9.17) is 9.47 Å². The van der Waals surface area contributed by atoms with Crippen LogP contribution in [-0.2, 0) is 0 Å². The fourth-order valence-electron chi connectivity index (χ4n) is 2.48. The number of hydrogen-bond acceptors (Lipinski definition) is 3. The lowest BCUT2D eigenvalue weighted by atomic mass is 10.1. The molecule has 1 saturated carbocycles. The Bertz CT molecular complexity index is 436. The lowest BCUT2D eigenvalue weighted by molar-refractivity contribution is 0.0690. The second-order valence-electron chi connectivity index (χ2n) is 4.83. The van der Waals surface area contributed by atoms with Crippen molar-refractivity contribution in [2.75, 3.05) is 13.2 Å². The zero-order valence-electron chi connectivity index (χ0n) is 11.2. The van der Waals surface area contributed by atoms with Crippen LogP contribution >= 0.6 is 0 Å². The van der Waals surface area contributed by atoms with Crippen molar-refractivity contribution in [3.63, 3.8) is 0 Å². The lowest BCUT2D eigenvalue weighted by Gasteiger charge is -2.16. The molecule has 2 rings (SSSR count). The van der Waals surface area contributed by atoms with E-state index in [2.05, 4.69) is 0 Å². The van der Waals surface area contributed by atoms with Crippen molar-refractivity contribution in [1.82, 2.24) is 0 Å². The average molecular weight is 264 g/mol. The van der Waals surface area contributed by atoms with Gasteiger partial charge in [-0.3, -0.25) is 0 Å². The standard InChI is InChI=1S/C15H20O4/c1-2-18-13-9-5-8-12(15(16)17)14(13)19-10-11-6-3-4-7-11/h5,8-9,11H,2-4,6-7,10H2,1H3,(H,16,17). The van der Waals surface area contributed by atoms with Crippen molar-refractivity contribution in [3.8, 4) is 11.5 Å². The molecule has 0 amide bonds. The second-order valence-corrected chi connectivity index (χ2v) is 4.83. The van der Waals surface area contributed by atoms with Gasteiger partial charge in [-0.15, -0.1) is 0 Å². The van der Waals surface area contributed by atoms with E-state index in [0.29, 0.717) is 30.6 Å². The number of para-hydroxylation sites is 1. The summed E-state index contributed by atoms with van der Waals surface area (Å²) in [5.41, 5.74) is 0.170. The molecule has 0 atom stereocenters. The van der Waals surface area contributed by atoms with Gasteiger partial charge < -0.3 is 14.6 Å². The van der Waals surface area contributed by atoms with E-state index in [0.717, 1.165) is 0 Å². The van der Waals surface area contributed by atoms with E-state index in [9.17, 15) is 9.90 Å². The summed E-state index contributed by atoms with van der Waals surface area (Å²) in [5, 5.41) is 9.21. The maximum Gasteiger partial charge on any atom is 0.339 e. The number of aromatic carboxylic acids is 1. The molecule has 104 valence electrons. The molecular formula is C15H20O4. The predicted octanol–water partition coefficient (Wildman–Crippen LogP) is 3.35. The highest BCUT2D eigenvalue weighted by atomic mass is 16.5. The van der Waals surface area contributed by atoms with Crippen LogP contribution in [0.3, 0.4) is 0 Å². The Balaban J connectivity index is 2.16. The topological polar surface area (TPSA) is 55.8 Å². The number of carboxylic acid groups (broad SMARTS) is 1. The Morgan fingerprint density at radius 1 is 1.32 bits per heavy atom. The van der Waals surface area contributed by atoms with Crippen LogP contribution in [0.25, 0.3) is 0 Å². The first-order valence-corrected chi connectivity index (χ1v) is 6.84. The zero-order valence-corrected chi connectivity index (χ0v) is 11.2. The lowest BCUT2D eigenvalue weighted by Crippen LogP contribution is -2.12. The number of rotatable bonds is 6. The zero-order chi connectivity index (χ0) is 13.7. The van der Waals surface area contributed by atoms with Gasteiger partial charge in [0, 0.05) is 0 Å². The molecule has 0 radical (unpaired) electrons. The normalized spacial score (nSPS) is 15.4. The number of ether oxygens (including phenoxy) is 2. The van der Waals surface area contributed by atoms with Gasteiger partial charge in [0.25, 0.3) is 0 Å². The SMILES string of the molecule is CCOc1cccc(C(=O)O)c1OCC1CCCC1. The minimum absolute atomic E-state index is 0.170. The maximum absolute atomic E-state index is 11.2. The Morgan fingerprint density at radius 3 is 2.68 bits per heavy atom. The Hall–Kier alpha value is -1.71. The molecule has 0 saturated heterocycles. The van der Waals surface area contributed by atoms with Gasteiger partial charge in [0.2, 0.25) is 0 Å². The molecule has 1 aromatic carbocycles. The third kappa shape index (κ3) is 3.40. The number of benzene rings is 1. The molecule has 0 bridgehead atoms. The Kier molecular flexibility index (Phi) is 4.66. The van der Waals surface area contributed by atoms with Crippen LogP contribution in [0.2, 0.25) is 0 Å². The van der Waals surface area contributed by atoms with Gasteiger partial charge in [-0.25, -0.2) is 4.79 Å². The van der Waals surface area contributed by atoms with Crippen LogP contribution in [0, 0.1) is 5.92 Å². The van der Waals surface area contributed by atoms with E-state index < -0.39 is 5.97 Å². The van der Waals surface area contributed by atoms with Gasteiger partial charge in [0.05, 0.1) is 13.2 Å².